The van der Waals surface area contributed by atoms with E-state index in [2.05, 4.69) is 6.08 Å². The van der Waals surface area contributed by atoms with Gasteiger partial charge in [0.2, 0.25) is 0 Å². The SMILES string of the molecule is COc1cccc(C(Cl)=CC2SCCCS2)c1. The molecular weight excluding hydrogens is 272 g/mol. The predicted octanol–water partition coefficient (Wildman–Crippen LogP) is 4.47. The second-order valence-electron chi connectivity index (χ2n) is 3.71. The van der Waals surface area contributed by atoms with Crippen LogP contribution in [0.2, 0.25) is 0 Å². The van der Waals surface area contributed by atoms with Crippen molar-refractivity contribution >= 4 is 40.2 Å². The number of ether oxygens (including phenoxy) is 1. The van der Waals surface area contributed by atoms with Crippen LogP contribution in [-0.2, 0) is 0 Å². The van der Waals surface area contributed by atoms with Crippen LogP contribution in [0.3, 0.4) is 0 Å². The van der Waals surface area contributed by atoms with Gasteiger partial charge in [-0.15, -0.1) is 23.5 Å². The van der Waals surface area contributed by atoms with Gasteiger partial charge in [0.15, 0.2) is 0 Å². The van der Waals surface area contributed by atoms with Gasteiger partial charge in [0.05, 0.1) is 11.7 Å². The lowest BCUT2D eigenvalue weighted by molar-refractivity contribution is 0.414. The zero-order valence-electron chi connectivity index (χ0n) is 9.69. The molecule has 2 rings (SSSR count). The van der Waals surface area contributed by atoms with Crippen LogP contribution in [0.1, 0.15) is 12.0 Å². The van der Waals surface area contributed by atoms with Gasteiger partial charge in [0.1, 0.15) is 5.75 Å². The number of thioether (sulfide) groups is 2. The van der Waals surface area contributed by atoms with Gasteiger partial charge in [0, 0.05) is 5.03 Å². The average molecular weight is 287 g/mol. The van der Waals surface area contributed by atoms with Gasteiger partial charge >= 0.3 is 0 Å². The highest BCUT2D eigenvalue weighted by Crippen LogP contribution is 2.34. The van der Waals surface area contributed by atoms with Crippen molar-refractivity contribution in [1.29, 1.82) is 0 Å². The summed E-state index contributed by atoms with van der Waals surface area (Å²) in [5.74, 6) is 3.31. The average Bonchev–Trinajstić information content (AvgIpc) is 2.40. The number of halogens is 1. The van der Waals surface area contributed by atoms with Gasteiger partial charge in [-0.2, -0.15) is 0 Å². The fourth-order valence-electron chi connectivity index (χ4n) is 1.59. The molecule has 1 saturated heterocycles. The molecule has 1 aliphatic heterocycles. The molecule has 92 valence electrons. The molecule has 1 aromatic carbocycles. The number of hydrogen-bond donors (Lipinski definition) is 0. The van der Waals surface area contributed by atoms with E-state index in [1.807, 2.05) is 47.8 Å². The van der Waals surface area contributed by atoms with Crippen LogP contribution in [0.4, 0.5) is 0 Å². The second-order valence-corrected chi connectivity index (χ2v) is 6.91. The predicted molar refractivity (Wildman–Crippen MR) is 80.1 cm³/mol. The Balaban J connectivity index is 2.11. The Hall–Kier alpha value is -0.250. The lowest BCUT2D eigenvalue weighted by Gasteiger charge is -2.18. The molecule has 0 unspecified atom stereocenters. The van der Waals surface area contributed by atoms with E-state index in [1.165, 1.54) is 17.9 Å². The van der Waals surface area contributed by atoms with E-state index in [1.54, 1.807) is 7.11 Å². The molecule has 0 atom stereocenters. The Bertz CT molecular complexity index is 400. The number of benzene rings is 1. The first kappa shape index (κ1) is 13.2. The first-order valence-corrected chi connectivity index (χ1v) is 8.02. The first-order valence-electron chi connectivity index (χ1n) is 5.54. The summed E-state index contributed by atoms with van der Waals surface area (Å²) in [6.45, 7) is 0. The molecule has 1 fully saturated rings. The summed E-state index contributed by atoms with van der Waals surface area (Å²) in [4.78, 5) is 0. The molecule has 1 aromatic rings. The third kappa shape index (κ3) is 3.87. The molecule has 0 saturated carbocycles. The normalized spacial score (nSPS) is 18.1. The number of rotatable bonds is 3. The van der Waals surface area contributed by atoms with Gasteiger partial charge in [-0.25, -0.2) is 0 Å². The fraction of sp³-hybridized carbons (Fsp3) is 0.385. The lowest BCUT2D eigenvalue weighted by Crippen LogP contribution is -2.03. The van der Waals surface area contributed by atoms with Crippen LogP contribution >= 0.6 is 35.1 Å². The summed E-state index contributed by atoms with van der Waals surface area (Å²) >= 11 is 10.3. The minimum absolute atomic E-state index is 0.488. The Morgan fingerprint density at radius 3 is 2.88 bits per heavy atom. The van der Waals surface area contributed by atoms with Gasteiger partial charge in [-0.1, -0.05) is 23.7 Å². The van der Waals surface area contributed by atoms with E-state index in [0.717, 1.165) is 16.3 Å². The summed E-state index contributed by atoms with van der Waals surface area (Å²) in [6.07, 6.45) is 3.45. The molecule has 0 aliphatic carbocycles. The zero-order valence-corrected chi connectivity index (χ0v) is 12.1. The third-order valence-electron chi connectivity index (χ3n) is 2.48. The van der Waals surface area contributed by atoms with E-state index >= 15 is 0 Å². The Kier molecular flexibility index (Phi) is 5.14. The molecule has 1 nitrogen and oxygen atoms in total. The van der Waals surface area contributed by atoms with Gasteiger partial charge in [-0.3, -0.25) is 0 Å². The van der Waals surface area contributed by atoms with Gasteiger partial charge in [-0.05, 0) is 41.7 Å². The molecule has 0 radical (unpaired) electrons. The number of methoxy groups -OCH3 is 1. The van der Waals surface area contributed by atoms with E-state index in [0.29, 0.717) is 4.58 Å². The van der Waals surface area contributed by atoms with Crippen LogP contribution in [0.15, 0.2) is 30.3 Å². The second kappa shape index (κ2) is 6.62. The van der Waals surface area contributed by atoms with Gasteiger partial charge < -0.3 is 4.74 Å². The first-order chi connectivity index (χ1) is 8.29. The van der Waals surface area contributed by atoms with Crippen molar-refractivity contribution in [2.24, 2.45) is 0 Å². The van der Waals surface area contributed by atoms with E-state index in [-0.39, 0.29) is 0 Å². The fourth-order valence-corrected chi connectivity index (χ4v) is 4.68. The van der Waals surface area contributed by atoms with Crippen molar-refractivity contribution in [3.05, 3.63) is 35.9 Å². The maximum absolute atomic E-state index is 6.35. The van der Waals surface area contributed by atoms with E-state index in [4.69, 9.17) is 16.3 Å². The zero-order chi connectivity index (χ0) is 12.1. The molecular formula is C13H15ClOS2. The van der Waals surface area contributed by atoms with Crippen molar-refractivity contribution in [2.75, 3.05) is 18.6 Å². The molecule has 1 heterocycles. The molecule has 0 amide bonds. The summed E-state index contributed by atoms with van der Waals surface area (Å²) in [6, 6.07) is 7.87. The van der Waals surface area contributed by atoms with Crippen LogP contribution in [-0.4, -0.2) is 23.2 Å². The lowest BCUT2D eigenvalue weighted by atomic mass is 10.2. The van der Waals surface area contributed by atoms with Crippen molar-refractivity contribution in [2.45, 2.75) is 11.0 Å². The highest BCUT2D eigenvalue weighted by atomic mass is 35.5. The molecule has 0 spiro atoms. The van der Waals surface area contributed by atoms with Crippen molar-refractivity contribution in [3.63, 3.8) is 0 Å². The van der Waals surface area contributed by atoms with E-state index in [9.17, 15) is 0 Å². The van der Waals surface area contributed by atoms with Crippen LogP contribution < -0.4 is 4.74 Å². The minimum Gasteiger partial charge on any atom is -0.497 e. The molecule has 0 aromatic heterocycles. The van der Waals surface area contributed by atoms with E-state index < -0.39 is 0 Å². The topological polar surface area (TPSA) is 9.23 Å². The molecule has 17 heavy (non-hydrogen) atoms. The molecule has 0 bridgehead atoms. The van der Waals surface area contributed by atoms with Crippen LogP contribution in [0.25, 0.3) is 5.03 Å². The van der Waals surface area contributed by atoms with Crippen LogP contribution in [0.5, 0.6) is 5.75 Å². The van der Waals surface area contributed by atoms with Crippen LogP contribution in [0, 0.1) is 0 Å². The van der Waals surface area contributed by atoms with Crippen molar-refractivity contribution in [1.82, 2.24) is 0 Å². The summed E-state index contributed by atoms with van der Waals surface area (Å²) in [5, 5.41) is 0.816. The largest absolute Gasteiger partial charge is 0.497 e. The smallest absolute Gasteiger partial charge is 0.119 e. The summed E-state index contributed by atoms with van der Waals surface area (Å²) in [5.41, 5.74) is 1.03. The summed E-state index contributed by atoms with van der Waals surface area (Å²) < 4.78 is 5.69. The third-order valence-corrected chi connectivity index (χ3v) is 5.62. The molecule has 1 aliphatic rings. The Labute approximate surface area is 116 Å². The highest BCUT2D eigenvalue weighted by Gasteiger charge is 2.13. The highest BCUT2D eigenvalue weighted by molar-refractivity contribution is 8.17. The maximum Gasteiger partial charge on any atom is 0.119 e. The Morgan fingerprint density at radius 2 is 2.18 bits per heavy atom. The minimum atomic E-state index is 0.488. The molecule has 0 N–H and O–H groups in total. The number of hydrogen-bond acceptors (Lipinski definition) is 3. The van der Waals surface area contributed by atoms with Crippen molar-refractivity contribution in [3.8, 4) is 5.75 Å². The summed E-state index contributed by atoms with van der Waals surface area (Å²) in [7, 11) is 1.67. The maximum atomic E-state index is 6.35. The monoisotopic (exact) mass is 286 g/mol. The molecule has 4 heteroatoms. The van der Waals surface area contributed by atoms with Crippen molar-refractivity contribution < 1.29 is 4.74 Å². The Morgan fingerprint density at radius 1 is 1.41 bits per heavy atom. The quantitative estimate of drug-likeness (QED) is 0.811. The van der Waals surface area contributed by atoms with Gasteiger partial charge in [0.25, 0.3) is 0 Å². The standard InChI is InChI=1S/C13H15ClOS2/c1-15-11-5-2-4-10(8-11)12(14)9-13-16-6-3-7-17-13/h2,4-5,8-9,13H,3,6-7H2,1H3.